The molecule has 5 heteroatoms. The zero-order valence-electron chi connectivity index (χ0n) is 7.64. The molecule has 5 nitrogen and oxygen atoms in total. The van der Waals surface area contributed by atoms with E-state index in [1.54, 1.807) is 0 Å². The van der Waals surface area contributed by atoms with E-state index >= 15 is 0 Å². The standard InChI is InChI=1S/C9H9N3O2/c1-12(5-3-10)9(14)7-2-4-11-6-8(7)13/h2,4,6,13H,5H2,1H3. The molecule has 1 amide bonds. The van der Waals surface area contributed by atoms with Crippen LogP contribution in [0.5, 0.6) is 5.75 Å². The number of carbonyl (C=O) groups is 1. The van der Waals surface area contributed by atoms with Gasteiger partial charge in [-0.15, -0.1) is 0 Å². The second kappa shape index (κ2) is 4.23. The van der Waals surface area contributed by atoms with Crippen LogP contribution in [0.2, 0.25) is 0 Å². The van der Waals surface area contributed by atoms with Crippen LogP contribution in [0.1, 0.15) is 10.4 Å². The summed E-state index contributed by atoms with van der Waals surface area (Å²) >= 11 is 0. The Morgan fingerprint density at radius 3 is 3.07 bits per heavy atom. The van der Waals surface area contributed by atoms with Crippen molar-refractivity contribution >= 4 is 5.91 Å². The molecule has 14 heavy (non-hydrogen) atoms. The summed E-state index contributed by atoms with van der Waals surface area (Å²) in [4.78, 5) is 16.4. The van der Waals surface area contributed by atoms with Gasteiger partial charge in [-0.05, 0) is 6.07 Å². The molecular weight excluding hydrogens is 182 g/mol. The normalized spacial score (nSPS) is 9.14. The number of hydrogen-bond donors (Lipinski definition) is 1. The summed E-state index contributed by atoms with van der Waals surface area (Å²) < 4.78 is 0. The zero-order chi connectivity index (χ0) is 10.6. The number of carbonyl (C=O) groups excluding carboxylic acids is 1. The highest BCUT2D eigenvalue weighted by atomic mass is 16.3. The van der Waals surface area contributed by atoms with E-state index in [9.17, 15) is 9.90 Å². The van der Waals surface area contributed by atoms with Crippen molar-refractivity contribution in [2.45, 2.75) is 0 Å². The van der Waals surface area contributed by atoms with E-state index in [4.69, 9.17) is 5.26 Å². The molecule has 0 radical (unpaired) electrons. The van der Waals surface area contributed by atoms with Gasteiger partial charge in [0, 0.05) is 13.2 Å². The molecule has 0 saturated carbocycles. The summed E-state index contributed by atoms with van der Waals surface area (Å²) in [6.07, 6.45) is 2.60. The Bertz CT molecular complexity index is 384. The zero-order valence-corrected chi connectivity index (χ0v) is 7.64. The summed E-state index contributed by atoms with van der Waals surface area (Å²) in [5.74, 6) is -0.575. The molecule has 0 fully saturated rings. The smallest absolute Gasteiger partial charge is 0.258 e. The van der Waals surface area contributed by atoms with Gasteiger partial charge in [0.05, 0.1) is 17.8 Å². The molecule has 0 aliphatic heterocycles. The molecular formula is C9H9N3O2. The summed E-state index contributed by atoms with van der Waals surface area (Å²) in [6.45, 7) is -0.0133. The van der Waals surface area contributed by atoms with E-state index < -0.39 is 5.91 Å². The number of aromatic nitrogens is 1. The maximum Gasteiger partial charge on any atom is 0.258 e. The van der Waals surface area contributed by atoms with Gasteiger partial charge < -0.3 is 10.0 Å². The molecule has 0 aliphatic carbocycles. The first-order valence-electron chi connectivity index (χ1n) is 3.92. The maximum atomic E-state index is 11.5. The molecule has 1 heterocycles. The number of nitriles is 1. The van der Waals surface area contributed by atoms with Gasteiger partial charge in [0.1, 0.15) is 12.3 Å². The third kappa shape index (κ3) is 1.98. The summed E-state index contributed by atoms with van der Waals surface area (Å²) in [7, 11) is 1.49. The lowest BCUT2D eigenvalue weighted by atomic mass is 10.2. The number of pyridine rings is 1. The topological polar surface area (TPSA) is 77.2 Å². The Labute approximate surface area is 81.2 Å². The third-order valence-corrected chi connectivity index (χ3v) is 1.69. The lowest BCUT2D eigenvalue weighted by Gasteiger charge is -2.13. The summed E-state index contributed by atoms with van der Waals surface area (Å²) in [6, 6.07) is 3.25. The van der Waals surface area contributed by atoms with Crippen LogP contribution in [0.3, 0.4) is 0 Å². The predicted molar refractivity (Wildman–Crippen MR) is 48.5 cm³/mol. The van der Waals surface area contributed by atoms with Gasteiger partial charge in [0.25, 0.3) is 5.91 Å². The fraction of sp³-hybridized carbons (Fsp3) is 0.222. The van der Waals surface area contributed by atoms with Crippen molar-refractivity contribution in [1.82, 2.24) is 9.88 Å². The average molecular weight is 191 g/mol. The molecule has 1 aromatic heterocycles. The number of rotatable bonds is 2. The second-order valence-electron chi connectivity index (χ2n) is 2.71. The van der Waals surface area contributed by atoms with Crippen molar-refractivity contribution in [3.05, 3.63) is 24.0 Å². The molecule has 0 atom stereocenters. The van der Waals surface area contributed by atoms with Crippen LogP contribution in [-0.2, 0) is 0 Å². The first kappa shape index (κ1) is 9.99. The van der Waals surface area contributed by atoms with E-state index in [2.05, 4.69) is 4.98 Å². The van der Waals surface area contributed by atoms with E-state index in [0.29, 0.717) is 0 Å². The maximum absolute atomic E-state index is 11.5. The summed E-state index contributed by atoms with van der Waals surface area (Å²) in [5, 5.41) is 17.7. The van der Waals surface area contributed by atoms with Crippen LogP contribution in [-0.4, -0.2) is 34.5 Å². The van der Waals surface area contributed by atoms with Gasteiger partial charge in [-0.25, -0.2) is 0 Å². The van der Waals surface area contributed by atoms with Crippen molar-refractivity contribution in [2.75, 3.05) is 13.6 Å². The average Bonchev–Trinajstić information content (AvgIpc) is 2.18. The Morgan fingerprint density at radius 1 is 1.79 bits per heavy atom. The minimum absolute atomic E-state index is 0.0133. The largest absolute Gasteiger partial charge is 0.505 e. The van der Waals surface area contributed by atoms with Gasteiger partial charge in [-0.3, -0.25) is 9.78 Å². The molecule has 0 spiro atoms. The Morgan fingerprint density at radius 2 is 2.50 bits per heavy atom. The van der Waals surface area contributed by atoms with Gasteiger partial charge in [-0.1, -0.05) is 0 Å². The number of nitrogens with zero attached hydrogens (tertiary/aromatic N) is 3. The number of aromatic hydroxyl groups is 1. The summed E-state index contributed by atoms with van der Waals surface area (Å²) in [5.41, 5.74) is 0.151. The molecule has 0 bridgehead atoms. The van der Waals surface area contributed by atoms with Gasteiger partial charge in [-0.2, -0.15) is 5.26 Å². The molecule has 1 N–H and O–H groups in total. The quantitative estimate of drug-likeness (QED) is 0.685. The van der Waals surface area contributed by atoms with Crippen LogP contribution in [0.25, 0.3) is 0 Å². The molecule has 1 aromatic rings. The van der Waals surface area contributed by atoms with Crippen LogP contribution in [0, 0.1) is 11.3 Å². The van der Waals surface area contributed by atoms with Crippen molar-refractivity contribution in [3.8, 4) is 11.8 Å². The first-order chi connectivity index (χ1) is 6.66. The minimum atomic E-state index is -0.397. The van der Waals surface area contributed by atoms with Crippen molar-refractivity contribution in [2.24, 2.45) is 0 Å². The lowest BCUT2D eigenvalue weighted by molar-refractivity contribution is 0.0809. The fourth-order valence-corrected chi connectivity index (χ4v) is 0.950. The molecule has 0 unspecified atom stereocenters. The highest BCUT2D eigenvalue weighted by molar-refractivity contribution is 5.96. The first-order valence-corrected chi connectivity index (χ1v) is 3.92. The SMILES string of the molecule is CN(CC#N)C(=O)c1ccncc1O. The number of amides is 1. The van der Waals surface area contributed by atoms with Crippen LogP contribution >= 0.6 is 0 Å². The fourth-order valence-electron chi connectivity index (χ4n) is 0.950. The monoisotopic (exact) mass is 191 g/mol. The molecule has 0 aliphatic rings. The van der Waals surface area contributed by atoms with Crippen LogP contribution in [0.15, 0.2) is 18.5 Å². The highest BCUT2D eigenvalue weighted by Gasteiger charge is 2.14. The van der Waals surface area contributed by atoms with E-state index in [0.717, 1.165) is 0 Å². The molecule has 0 aromatic carbocycles. The Balaban J connectivity index is 2.91. The Hall–Kier alpha value is -2.09. The third-order valence-electron chi connectivity index (χ3n) is 1.69. The minimum Gasteiger partial charge on any atom is -0.505 e. The lowest BCUT2D eigenvalue weighted by Crippen LogP contribution is -2.26. The van der Waals surface area contributed by atoms with Gasteiger partial charge in [0.15, 0.2) is 0 Å². The second-order valence-corrected chi connectivity index (χ2v) is 2.71. The highest BCUT2D eigenvalue weighted by Crippen LogP contribution is 2.15. The van der Waals surface area contributed by atoms with Gasteiger partial charge >= 0.3 is 0 Å². The van der Waals surface area contributed by atoms with Crippen molar-refractivity contribution in [1.29, 1.82) is 5.26 Å². The van der Waals surface area contributed by atoms with Crippen molar-refractivity contribution < 1.29 is 9.90 Å². The molecule has 1 rings (SSSR count). The molecule has 72 valence electrons. The van der Waals surface area contributed by atoms with Crippen LogP contribution < -0.4 is 0 Å². The van der Waals surface area contributed by atoms with Crippen LogP contribution in [0.4, 0.5) is 0 Å². The van der Waals surface area contributed by atoms with E-state index in [1.165, 1.54) is 30.4 Å². The molecule has 0 saturated heterocycles. The Kier molecular flexibility index (Phi) is 3.02. The van der Waals surface area contributed by atoms with Crippen molar-refractivity contribution in [3.63, 3.8) is 0 Å². The van der Waals surface area contributed by atoms with E-state index in [1.807, 2.05) is 6.07 Å². The van der Waals surface area contributed by atoms with Gasteiger partial charge in [0.2, 0.25) is 0 Å². The number of hydrogen-bond acceptors (Lipinski definition) is 4. The predicted octanol–water partition coefficient (Wildman–Crippen LogP) is 0.383. The van der Waals surface area contributed by atoms with E-state index in [-0.39, 0.29) is 17.9 Å².